The Hall–Kier alpha value is -0.670. The molecule has 0 amide bonds. The molecule has 3 saturated carbocycles. The fourth-order valence-electron chi connectivity index (χ4n) is 7.12. The minimum absolute atomic E-state index is 0.0174. The number of hydrogen-bond acceptors (Lipinski definition) is 3. The molecule has 3 unspecified atom stereocenters. The number of carbonyl (C=O) groups excluding carboxylic acids is 1. The average molecular weight is 330 g/mol. The second kappa shape index (κ2) is 4.94. The number of ketones is 1. The second-order valence-electron chi connectivity index (χ2n) is 9.46. The lowest BCUT2D eigenvalue weighted by Crippen LogP contribution is -2.52. The summed E-state index contributed by atoms with van der Waals surface area (Å²) >= 11 is 0. The molecule has 0 aromatic carbocycles. The predicted octanol–water partition coefficient (Wildman–Crippen LogP) is 4.26. The first-order valence-corrected chi connectivity index (χ1v) is 9.98. The quantitative estimate of drug-likeness (QED) is 0.623. The van der Waals surface area contributed by atoms with Crippen LogP contribution in [0.3, 0.4) is 0 Å². The Bertz CT molecular complexity index is 602. The highest BCUT2D eigenvalue weighted by molar-refractivity contribution is 5.87. The first-order valence-electron chi connectivity index (χ1n) is 9.98. The molecule has 0 aromatic heterocycles. The standard InChI is InChI=1S/C21H30O3/c1-19-9-10-21(23-11-12-24-21)13-14(19)3-4-15-16-5-6-18(22)20(16,2)8-7-17(15)19/h3,15-17H,4-13H2,1-2H3/t15?,16?,17?,19-,20-/m0/s1. The van der Waals surface area contributed by atoms with Gasteiger partial charge in [0.2, 0.25) is 0 Å². The lowest BCUT2D eigenvalue weighted by atomic mass is 9.48. The summed E-state index contributed by atoms with van der Waals surface area (Å²) in [5.74, 6) is 2.31. The maximum Gasteiger partial charge on any atom is 0.172 e. The zero-order chi connectivity index (χ0) is 16.6. The second-order valence-corrected chi connectivity index (χ2v) is 9.46. The molecule has 3 heteroatoms. The first-order chi connectivity index (χ1) is 11.5. The highest BCUT2D eigenvalue weighted by Gasteiger charge is 2.60. The van der Waals surface area contributed by atoms with Crippen LogP contribution >= 0.6 is 0 Å². The molecule has 0 bridgehead atoms. The number of allylic oxidation sites excluding steroid dienone is 1. The Morgan fingerprint density at radius 3 is 2.54 bits per heavy atom. The van der Waals surface area contributed by atoms with Crippen LogP contribution in [0.25, 0.3) is 0 Å². The Kier molecular flexibility index (Phi) is 3.21. The van der Waals surface area contributed by atoms with Crippen LogP contribution < -0.4 is 0 Å². The summed E-state index contributed by atoms with van der Waals surface area (Å²) in [6.45, 7) is 6.26. The van der Waals surface area contributed by atoms with Crippen molar-refractivity contribution in [3.63, 3.8) is 0 Å². The van der Waals surface area contributed by atoms with E-state index in [4.69, 9.17) is 9.47 Å². The molecule has 1 spiro atoms. The van der Waals surface area contributed by atoms with Gasteiger partial charge in [-0.05, 0) is 55.3 Å². The number of fused-ring (bicyclic) bond motifs is 5. The number of Topliss-reactive ketones (excluding diaryl/α,β-unsaturated/α-hetero) is 1. The Balaban J connectivity index is 1.47. The van der Waals surface area contributed by atoms with Crippen molar-refractivity contribution in [3.05, 3.63) is 11.6 Å². The molecule has 4 fully saturated rings. The fraction of sp³-hybridized carbons (Fsp3) is 0.857. The van der Waals surface area contributed by atoms with E-state index in [-0.39, 0.29) is 11.2 Å². The Morgan fingerprint density at radius 2 is 1.75 bits per heavy atom. The maximum absolute atomic E-state index is 12.5. The van der Waals surface area contributed by atoms with E-state index in [9.17, 15) is 4.79 Å². The van der Waals surface area contributed by atoms with E-state index in [1.165, 1.54) is 19.3 Å². The molecule has 3 nitrogen and oxygen atoms in total. The molecule has 1 heterocycles. The van der Waals surface area contributed by atoms with E-state index >= 15 is 0 Å². The molecular weight excluding hydrogens is 300 g/mol. The summed E-state index contributed by atoms with van der Waals surface area (Å²) < 4.78 is 12.0. The van der Waals surface area contributed by atoms with Crippen molar-refractivity contribution >= 4 is 5.78 Å². The van der Waals surface area contributed by atoms with Crippen molar-refractivity contribution in [1.29, 1.82) is 0 Å². The Labute approximate surface area is 145 Å². The topological polar surface area (TPSA) is 35.5 Å². The van der Waals surface area contributed by atoms with Crippen LogP contribution in [0.1, 0.15) is 65.2 Å². The predicted molar refractivity (Wildman–Crippen MR) is 91.3 cm³/mol. The van der Waals surface area contributed by atoms with E-state index in [1.807, 2.05) is 0 Å². The molecule has 0 radical (unpaired) electrons. The van der Waals surface area contributed by atoms with E-state index < -0.39 is 0 Å². The molecule has 1 aliphatic heterocycles. The molecule has 5 aliphatic rings. The normalized spacial score (nSPS) is 49.5. The monoisotopic (exact) mass is 330 g/mol. The van der Waals surface area contributed by atoms with Gasteiger partial charge in [0.15, 0.2) is 5.79 Å². The molecule has 4 aliphatic carbocycles. The van der Waals surface area contributed by atoms with E-state index in [0.29, 0.717) is 23.0 Å². The summed E-state index contributed by atoms with van der Waals surface area (Å²) in [7, 11) is 0. The van der Waals surface area contributed by atoms with Crippen LogP contribution in [0.15, 0.2) is 11.6 Å². The zero-order valence-corrected chi connectivity index (χ0v) is 15.1. The highest BCUT2D eigenvalue weighted by Crippen LogP contribution is 2.65. The van der Waals surface area contributed by atoms with Gasteiger partial charge in [0.1, 0.15) is 5.78 Å². The number of hydrogen-bond donors (Lipinski definition) is 0. The van der Waals surface area contributed by atoms with Crippen molar-refractivity contribution in [1.82, 2.24) is 0 Å². The lowest BCUT2D eigenvalue weighted by molar-refractivity contribution is -0.185. The van der Waals surface area contributed by atoms with E-state index in [2.05, 4.69) is 19.9 Å². The third-order valence-corrected chi connectivity index (χ3v) is 8.63. The van der Waals surface area contributed by atoms with Crippen LogP contribution in [-0.4, -0.2) is 24.8 Å². The number of ether oxygens (including phenoxy) is 2. The van der Waals surface area contributed by atoms with Crippen molar-refractivity contribution in [3.8, 4) is 0 Å². The van der Waals surface area contributed by atoms with Gasteiger partial charge in [0, 0.05) is 24.7 Å². The van der Waals surface area contributed by atoms with Gasteiger partial charge in [0.05, 0.1) is 13.2 Å². The van der Waals surface area contributed by atoms with Crippen molar-refractivity contribution in [2.45, 2.75) is 71.0 Å². The largest absolute Gasteiger partial charge is 0.347 e. The minimum atomic E-state index is -0.315. The molecule has 5 atom stereocenters. The minimum Gasteiger partial charge on any atom is -0.347 e. The van der Waals surface area contributed by atoms with E-state index in [1.54, 1.807) is 5.57 Å². The highest BCUT2D eigenvalue weighted by atomic mass is 16.7. The molecule has 132 valence electrons. The summed E-state index contributed by atoms with van der Waals surface area (Å²) in [6.07, 6.45) is 11.1. The lowest BCUT2D eigenvalue weighted by Gasteiger charge is -2.57. The van der Waals surface area contributed by atoms with Gasteiger partial charge in [-0.3, -0.25) is 4.79 Å². The van der Waals surface area contributed by atoms with Crippen LogP contribution in [0, 0.1) is 28.6 Å². The fourth-order valence-corrected chi connectivity index (χ4v) is 7.12. The zero-order valence-electron chi connectivity index (χ0n) is 15.1. The maximum atomic E-state index is 12.5. The van der Waals surface area contributed by atoms with Gasteiger partial charge in [-0.1, -0.05) is 25.5 Å². The van der Waals surface area contributed by atoms with Crippen LogP contribution in [0.5, 0.6) is 0 Å². The van der Waals surface area contributed by atoms with Gasteiger partial charge in [-0.15, -0.1) is 0 Å². The molecule has 0 N–H and O–H groups in total. The van der Waals surface area contributed by atoms with Crippen molar-refractivity contribution in [2.75, 3.05) is 13.2 Å². The molecule has 5 rings (SSSR count). The molecule has 0 aromatic rings. The van der Waals surface area contributed by atoms with Gasteiger partial charge in [-0.2, -0.15) is 0 Å². The number of carbonyl (C=O) groups is 1. The van der Waals surface area contributed by atoms with Crippen LogP contribution in [0.2, 0.25) is 0 Å². The van der Waals surface area contributed by atoms with Crippen molar-refractivity contribution in [2.24, 2.45) is 28.6 Å². The van der Waals surface area contributed by atoms with Gasteiger partial charge in [0.25, 0.3) is 0 Å². The first kappa shape index (κ1) is 15.6. The van der Waals surface area contributed by atoms with Crippen LogP contribution in [-0.2, 0) is 14.3 Å². The van der Waals surface area contributed by atoms with Gasteiger partial charge < -0.3 is 9.47 Å². The summed E-state index contributed by atoms with van der Waals surface area (Å²) in [6, 6.07) is 0. The Morgan fingerprint density at radius 1 is 1.00 bits per heavy atom. The average Bonchev–Trinajstić information content (AvgIpc) is 3.14. The summed E-state index contributed by atoms with van der Waals surface area (Å²) in [4.78, 5) is 12.5. The van der Waals surface area contributed by atoms with Crippen LogP contribution in [0.4, 0.5) is 0 Å². The smallest absolute Gasteiger partial charge is 0.172 e. The summed E-state index contributed by atoms with van der Waals surface area (Å²) in [5, 5.41) is 0. The molecule has 24 heavy (non-hydrogen) atoms. The van der Waals surface area contributed by atoms with Crippen molar-refractivity contribution < 1.29 is 14.3 Å². The molecule has 1 saturated heterocycles. The SMILES string of the molecule is C[C@]12CCC3(CC1=CCC1C2CC[C@]2(C)C(=O)CCC12)OCCO3. The molecular formula is C21H30O3. The summed E-state index contributed by atoms with van der Waals surface area (Å²) in [5.41, 5.74) is 1.87. The van der Waals surface area contributed by atoms with Gasteiger partial charge >= 0.3 is 0 Å². The van der Waals surface area contributed by atoms with Gasteiger partial charge in [-0.25, -0.2) is 0 Å². The van der Waals surface area contributed by atoms with E-state index in [0.717, 1.165) is 51.2 Å². The third kappa shape index (κ3) is 1.89. The number of rotatable bonds is 0. The third-order valence-electron chi connectivity index (χ3n) is 8.63.